The van der Waals surface area contributed by atoms with Crippen molar-refractivity contribution in [1.82, 2.24) is 9.99 Å². The topological polar surface area (TPSA) is 83.8 Å². The van der Waals surface area contributed by atoms with E-state index < -0.39 is 22.5 Å². The van der Waals surface area contributed by atoms with Crippen LogP contribution in [-0.2, 0) is 14.8 Å². The largest absolute Gasteiger partial charge is 0.318 e. The van der Waals surface area contributed by atoms with Crippen molar-refractivity contribution in [2.24, 2.45) is 5.10 Å². The monoisotopic (exact) mass is 472 g/mol. The molecule has 1 amide bonds. The van der Waals surface area contributed by atoms with Crippen LogP contribution in [0.3, 0.4) is 0 Å². The summed E-state index contributed by atoms with van der Waals surface area (Å²) in [6.45, 7) is 5.60. The molecule has 0 saturated heterocycles. The molecule has 0 bridgehead atoms. The number of rotatable bonds is 7. The van der Waals surface area contributed by atoms with Gasteiger partial charge in [0.05, 0.1) is 18.2 Å². The van der Waals surface area contributed by atoms with E-state index in [1.807, 2.05) is 45.0 Å². The Balaban J connectivity index is 1.74. The minimum Gasteiger partial charge on any atom is -0.318 e. The van der Waals surface area contributed by atoms with Crippen molar-refractivity contribution < 1.29 is 13.2 Å². The molecule has 0 fully saturated rings. The van der Waals surface area contributed by atoms with Gasteiger partial charge >= 0.3 is 0 Å². The van der Waals surface area contributed by atoms with Crippen molar-refractivity contribution in [3.8, 4) is 5.69 Å². The molecule has 0 unspecified atom stereocenters. The van der Waals surface area contributed by atoms with Crippen LogP contribution in [0.15, 0.2) is 59.7 Å². The van der Waals surface area contributed by atoms with Gasteiger partial charge in [0, 0.05) is 27.7 Å². The van der Waals surface area contributed by atoms with Crippen LogP contribution in [0.25, 0.3) is 5.69 Å². The number of sulfonamides is 1. The summed E-state index contributed by atoms with van der Waals surface area (Å²) >= 11 is 5.96. The fourth-order valence-electron chi connectivity index (χ4n) is 3.45. The van der Waals surface area contributed by atoms with Gasteiger partial charge in [-0.3, -0.25) is 9.10 Å². The molecule has 3 aromatic rings. The molecular weight excluding hydrogens is 448 g/mol. The molecule has 0 saturated carbocycles. The van der Waals surface area contributed by atoms with Gasteiger partial charge in [-0.1, -0.05) is 29.8 Å². The lowest BCUT2D eigenvalue weighted by molar-refractivity contribution is -0.119. The average Bonchev–Trinajstić information content (AvgIpc) is 2.98. The first-order chi connectivity index (χ1) is 15.1. The zero-order valence-corrected chi connectivity index (χ0v) is 19.9. The average molecular weight is 473 g/mol. The first-order valence-corrected chi connectivity index (χ1v) is 12.1. The maximum absolute atomic E-state index is 12.4. The highest BCUT2D eigenvalue weighted by atomic mass is 35.5. The van der Waals surface area contributed by atoms with Crippen molar-refractivity contribution >= 4 is 39.4 Å². The number of halogens is 1. The van der Waals surface area contributed by atoms with Gasteiger partial charge in [0.15, 0.2) is 0 Å². The molecule has 0 spiro atoms. The third-order valence-electron chi connectivity index (χ3n) is 4.91. The van der Waals surface area contributed by atoms with Crippen molar-refractivity contribution in [3.63, 3.8) is 0 Å². The maximum Gasteiger partial charge on any atom is 0.260 e. The number of hydrogen-bond donors (Lipinski definition) is 1. The van der Waals surface area contributed by atoms with Gasteiger partial charge in [0.2, 0.25) is 10.0 Å². The molecular formula is C23H25ClN4O3S. The Morgan fingerprint density at radius 2 is 1.84 bits per heavy atom. The van der Waals surface area contributed by atoms with Gasteiger partial charge in [-0.2, -0.15) is 5.10 Å². The van der Waals surface area contributed by atoms with E-state index in [4.69, 9.17) is 11.6 Å². The van der Waals surface area contributed by atoms with Crippen LogP contribution in [0.2, 0.25) is 5.02 Å². The van der Waals surface area contributed by atoms with E-state index in [2.05, 4.69) is 21.2 Å². The molecule has 0 aliphatic heterocycles. The Kier molecular flexibility index (Phi) is 7.06. The maximum atomic E-state index is 12.4. The number of hydrogen-bond acceptors (Lipinski definition) is 4. The number of anilines is 1. The Bertz CT molecular complexity index is 1280. The molecule has 2 aromatic carbocycles. The highest BCUT2D eigenvalue weighted by Crippen LogP contribution is 2.22. The number of hydrazone groups is 1. The molecule has 3 rings (SSSR count). The molecule has 1 heterocycles. The van der Waals surface area contributed by atoms with Gasteiger partial charge in [-0.15, -0.1) is 0 Å². The third kappa shape index (κ3) is 5.57. The second-order valence-corrected chi connectivity index (χ2v) is 9.89. The van der Waals surface area contributed by atoms with Crippen LogP contribution in [0.5, 0.6) is 0 Å². The molecule has 9 heteroatoms. The molecule has 7 nitrogen and oxygen atoms in total. The second kappa shape index (κ2) is 9.58. The number of aryl methyl sites for hydroxylation is 2. The van der Waals surface area contributed by atoms with Gasteiger partial charge in [0.1, 0.15) is 6.54 Å². The van der Waals surface area contributed by atoms with Crippen molar-refractivity contribution in [2.75, 3.05) is 17.1 Å². The lowest BCUT2D eigenvalue weighted by Gasteiger charge is -2.21. The number of carbonyl (C=O) groups is 1. The Morgan fingerprint density at radius 1 is 1.12 bits per heavy atom. The summed E-state index contributed by atoms with van der Waals surface area (Å²) in [7, 11) is -3.69. The summed E-state index contributed by atoms with van der Waals surface area (Å²) in [5.74, 6) is -0.570. The molecule has 1 N–H and O–H groups in total. The highest BCUT2D eigenvalue weighted by molar-refractivity contribution is 7.92. The lowest BCUT2D eigenvalue weighted by atomic mass is 10.2. The van der Waals surface area contributed by atoms with Gasteiger partial charge in [0.25, 0.3) is 5.91 Å². The van der Waals surface area contributed by atoms with E-state index in [9.17, 15) is 13.2 Å². The van der Waals surface area contributed by atoms with Crippen LogP contribution < -0.4 is 9.73 Å². The first-order valence-electron chi connectivity index (χ1n) is 9.87. The number of aromatic nitrogens is 1. The van der Waals surface area contributed by atoms with Crippen molar-refractivity contribution in [2.45, 2.75) is 20.8 Å². The number of benzene rings is 2. The molecule has 168 valence electrons. The zero-order chi connectivity index (χ0) is 23.5. The predicted molar refractivity (Wildman–Crippen MR) is 129 cm³/mol. The zero-order valence-electron chi connectivity index (χ0n) is 18.3. The lowest BCUT2D eigenvalue weighted by Crippen LogP contribution is -2.39. The molecule has 32 heavy (non-hydrogen) atoms. The minimum atomic E-state index is -3.69. The number of amides is 1. The van der Waals surface area contributed by atoms with E-state index in [1.165, 1.54) is 6.07 Å². The fourth-order valence-corrected chi connectivity index (χ4v) is 4.49. The van der Waals surface area contributed by atoms with E-state index in [1.54, 1.807) is 24.4 Å². The highest BCUT2D eigenvalue weighted by Gasteiger charge is 2.21. The van der Waals surface area contributed by atoms with Crippen molar-refractivity contribution in [3.05, 3.63) is 82.1 Å². The first kappa shape index (κ1) is 23.6. The number of carbonyl (C=O) groups excluding carboxylic acids is 1. The van der Waals surface area contributed by atoms with E-state index in [0.29, 0.717) is 10.7 Å². The SMILES string of the molecule is Cc1cccc(-n2c(C)cc(/C=N\NC(=O)CN(c3cccc(Cl)c3)S(C)(=O)=O)c2C)c1. The van der Waals surface area contributed by atoms with Crippen LogP contribution in [0.1, 0.15) is 22.5 Å². The van der Waals surface area contributed by atoms with E-state index in [-0.39, 0.29) is 0 Å². The summed E-state index contributed by atoms with van der Waals surface area (Å²) in [5.41, 5.74) is 7.77. The number of nitrogens with zero attached hydrogens (tertiary/aromatic N) is 3. The Hall–Kier alpha value is -3.10. The van der Waals surface area contributed by atoms with E-state index in [0.717, 1.165) is 38.8 Å². The summed E-state index contributed by atoms with van der Waals surface area (Å²) in [5, 5.41) is 4.40. The summed E-state index contributed by atoms with van der Waals surface area (Å²) in [6.07, 6.45) is 2.58. The minimum absolute atomic E-state index is 0.306. The molecule has 0 radical (unpaired) electrons. The Labute approximate surface area is 193 Å². The smallest absolute Gasteiger partial charge is 0.260 e. The quantitative estimate of drug-likeness (QED) is 0.417. The summed E-state index contributed by atoms with van der Waals surface area (Å²) in [6, 6.07) is 16.5. The standard InChI is InChI=1S/C23H25ClN4O3S/c1-16-7-5-10-22(11-16)28-17(2)12-19(18(28)3)14-25-26-23(29)15-27(32(4,30)31)21-9-6-8-20(24)13-21/h5-14H,15H2,1-4H3,(H,26,29)/b25-14-. The summed E-state index contributed by atoms with van der Waals surface area (Å²) in [4.78, 5) is 12.4. The van der Waals surface area contributed by atoms with Crippen LogP contribution in [0, 0.1) is 20.8 Å². The number of nitrogens with one attached hydrogen (secondary N) is 1. The predicted octanol–water partition coefficient (Wildman–Crippen LogP) is 3.97. The van der Waals surface area contributed by atoms with Gasteiger partial charge in [-0.05, 0) is 62.7 Å². The fraction of sp³-hybridized carbons (Fsp3) is 0.217. The molecule has 0 aliphatic carbocycles. The normalized spacial score (nSPS) is 11.7. The van der Waals surface area contributed by atoms with Crippen LogP contribution in [0.4, 0.5) is 5.69 Å². The van der Waals surface area contributed by atoms with E-state index >= 15 is 0 Å². The van der Waals surface area contributed by atoms with Crippen molar-refractivity contribution in [1.29, 1.82) is 0 Å². The van der Waals surface area contributed by atoms with Crippen LogP contribution in [-0.4, -0.2) is 37.9 Å². The molecule has 0 atom stereocenters. The summed E-state index contributed by atoms with van der Waals surface area (Å²) < 4.78 is 27.4. The van der Waals surface area contributed by atoms with Crippen LogP contribution >= 0.6 is 11.6 Å². The third-order valence-corrected chi connectivity index (χ3v) is 6.28. The second-order valence-electron chi connectivity index (χ2n) is 7.54. The van der Waals surface area contributed by atoms with Gasteiger partial charge < -0.3 is 4.57 Å². The molecule has 1 aromatic heterocycles. The van der Waals surface area contributed by atoms with Gasteiger partial charge in [-0.25, -0.2) is 13.8 Å². The Morgan fingerprint density at radius 3 is 2.50 bits per heavy atom. The molecule has 0 aliphatic rings.